The monoisotopic (exact) mass is 536 g/mol. The third kappa shape index (κ3) is 4.39. The number of nitrogens with one attached hydrogen (secondary N) is 1. The molecule has 10 heteroatoms. The Morgan fingerprint density at radius 3 is 2.68 bits per heavy atom. The molecule has 1 fully saturated rings. The normalized spacial score (nSPS) is 17.9. The lowest BCUT2D eigenvalue weighted by Gasteiger charge is -2.38. The second kappa shape index (κ2) is 9.96. The minimum absolute atomic E-state index is 0.00273. The number of nitrogens with zero attached hydrogens (tertiary/aromatic N) is 5. The topological polar surface area (TPSA) is 96.2 Å². The third-order valence-electron chi connectivity index (χ3n) is 6.99. The number of piperazine rings is 1. The lowest BCUT2D eigenvalue weighted by molar-refractivity contribution is 0.423. The summed E-state index contributed by atoms with van der Waals surface area (Å²) >= 11 is 6.71. The zero-order valence-corrected chi connectivity index (χ0v) is 22.7. The maximum atomic E-state index is 15.0. The molecule has 0 bridgehead atoms. The number of rotatable bonds is 4. The summed E-state index contributed by atoms with van der Waals surface area (Å²) in [5.41, 5.74) is 1.75. The maximum absolute atomic E-state index is 15.0. The Labute approximate surface area is 225 Å². The minimum atomic E-state index is -0.674. The van der Waals surface area contributed by atoms with E-state index in [0.29, 0.717) is 29.1 Å². The second-order valence-corrected chi connectivity index (χ2v) is 10.6. The van der Waals surface area contributed by atoms with Gasteiger partial charge in [-0.25, -0.2) is 18.7 Å². The van der Waals surface area contributed by atoms with E-state index in [0.717, 1.165) is 12.1 Å². The Morgan fingerprint density at radius 1 is 1.21 bits per heavy atom. The van der Waals surface area contributed by atoms with Crippen LogP contribution in [-0.4, -0.2) is 49.8 Å². The van der Waals surface area contributed by atoms with Crippen LogP contribution in [0.1, 0.15) is 44.9 Å². The summed E-state index contributed by atoms with van der Waals surface area (Å²) in [5.74, 6) is -0.504. The van der Waals surface area contributed by atoms with Gasteiger partial charge in [0, 0.05) is 31.4 Å². The van der Waals surface area contributed by atoms with Crippen molar-refractivity contribution in [3.63, 3.8) is 0 Å². The Balaban J connectivity index is 1.92. The molecule has 198 valence electrons. The van der Waals surface area contributed by atoms with Crippen LogP contribution in [0.3, 0.4) is 0 Å². The van der Waals surface area contributed by atoms with Crippen LogP contribution < -0.4 is 15.9 Å². The van der Waals surface area contributed by atoms with Crippen LogP contribution in [0, 0.1) is 12.7 Å². The molecule has 4 aromatic rings. The Hall–Kier alpha value is -3.56. The second-order valence-electron chi connectivity index (χ2n) is 10.2. The molecule has 38 heavy (non-hydrogen) atoms. The summed E-state index contributed by atoms with van der Waals surface area (Å²) < 4.78 is 16.4. The summed E-state index contributed by atoms with van der Waals surface area (Å²) in [7, 11) is 0. The van der Waals surface area contributed by atoms with E-state index in [4.69, 9.17) is 16.6 Å². The van der Waals surface area contributed by atoms with Crippen LogP contribution >= 0.6 is 11.6 Å². The number of benzene rings is 1. The molecule has 1 saturated heterocycles. The molecule has 8 nitrogen and oxygen atoms in total. The number of anilines is 1. The smallest absolute Gasteiger partial charge is 0.355 e. The van der Waals surface area contributed by atoms with Gasteiger partial charge in [0.2, 0.25) is 0 Å². The first-order chi connectivity index (χ1) is 18.1. The molecule has 0 radical (unpaired) electrons. The molecule has 1 aliphatic rings. The van der Waals surface area contributed by atoms with Crippen molar-refractivity contribution in [3.05, 3.63) is 69.1 Å². The predicted molar refractivity (Wildman–Crippen MR) is 148 cm³/mol. The first-order valence-corrected chi connectivity index (χ1v) is 13.0. The zero-order valence-electron chi connectivity index (χ0n) is 22.0. The van der Waals surface area contributed by atoms with Crippen molar-refractivity contribution in [1.82, 2.24) is 24.8 Å². The van der Waals surface area contributed by atoms with Gasteiger partial charge in [-0.2, -0.15) is 4.98 Å². The van der Waals surface area contributed by atoms with Crippen LogP contribution in [0.2, 0.25) is 5.02 Å². The number of hydrogen-bond donors (Lipinski definition) is 2. The Bertz CT molecular complexity index is 1580. The number of hydrogen-bond acceptors (Lipinski definition) is 7. The van der Waals surface area contributed by atoms with Crippen LogP contribution in [0.15, 0.2) is 41.3 Å². The van der Waals surface area contributed by atoms with E-state index >= 15 is 0 Å². The first kappa shape index (κ1) is 26.1. The molecule has 4 heterocycles. The van der Waals surface area contributed by atoms with Gasteiger partial charge in [-0.1, -0.05) is 31.5 Å². The largest absolute Gasteiger partial charge is 0.507 e. The van der Waals surface area contributed by atoms with Crippen molar-refractivity contribution in [2.24, 2.45) is 0 Å². The molecule has 3 aromatic heterocycles. The number of phenolic OH excluding ortho intramolecular Hbond substituents is 1. The highest BCUT2D eigenvalue weighted by Crippen LogP contribution is 2.39. The summed E-state index contributed by atoms with van der Waals surface area (Å²) in [5, 5.41) is 14.6. The SMILES string of the molecule is Cc1ccnc(C(C)C)c1-n1c(=O)nc(N2C[C@@H](C)NC[C@@H]2C)c2cc(Cl)c(-c3c(O)cccc3F)nc21. The molecule has 1 aromatic carbocycles. The highest BCUT2D eigenvalue weighted by atomic mass is 35.5. The van der Waals surface area contributed by atoms with Crippen molar-refractivity contribution >= 4 is 28.5 Å². The standard InChI is InChI=1S/C28H30ClFN6O2/c1-14(2)23-25(15(3)9-10-31-23)36-27-18(26(34-28(36)38)35-13-16(4)32-12-17(35)5)11-19(29)24(33-27)22-20(30)7-6-8-21(22)37/h6-11,14,16-17,32,37H,12-13H2,1-5H3/t16-,17+/m1/s1. The van der Waals surface area contributed by atoms with Crippen LogP contribution in [0.5, 0.6) is 5.75 Å². The highest BCUT2D eigenvalue weighted by molar-refractivity contribution is 6.34. The first-order valence-electron chi connectivity index (χ1n) is 12.7. The fourth-order valence-electron chi connectivity index (χ4n) is 5.05. The minimum Gasteiger partial charge on any atom is -0.507 e. The van der Waals surface area contributed by atoms with Gasteiger partial charge in [-0.3, -0.25) is 4.98 Å². The molecule has 0 saturated carbocycles. The molecule has 0 spiro atoms. The number of pyridine rings is 2. The number of aromatic hydroxyl groups is 1. The number of aromatic nitrogens is 4. The highest BCUT2D eigenvalue weighted by Gasteiger charge is 2.29. The molecule has 0 unspecified atom stereocenters. The van der Waals surface area contributed by atoms with Crippen LogP contribution in [0.4, 0.5) is 10.2 Å². The van der Waals surface area contributed by atoms with Gasteiger partial charge in [0.25, 0.3) is 0 Å². The van der Waals surface area contributed by atoms with E-state index in [9.17, 15) is 14.3 Å². The van der Waals surface area contributed by atoms with Gasteiger partial charge in [-0.05, 0) is 56.5 Å². The van der Waals surface area contributed by atoms with Gasteiger partial charge >= 0.3 is 5.69 Å². The summed E-state index contributed by atoms with van der Waals surface area (Å²) in [6.07, 6.45) is 1.71. The Kier molecular flexibility index (Phi) is 6.83. The summed E-state index contributed by atoms with van der Waals surface area (Å²) in [6.45, 7) is 11.4. The average Bonchev–Trinajstić information content (AvgIpc) is 2.86. The van der Waals surface area contributed by atoms with E-state index in [1.165, 1.54) is 22.8 Å². The van der Waals surface area contributed by atoms with Gasteiger partial charge < -0.3 is 15.3 Å². The van der Waals surface area contributed by atoms with Crippen LogP contribution in [0.25, 0.3) is 28.0 Å². The van der Waals surface area contributed by atoms with Gasteiger partial charge in [0.15, 0.2) is 5.65 Å². The molecule has 1 aliphatic heterocycles. The summed E-state index contributed by atoms with van der Waals surface area (Å²) in [4.78, 5) is 29.8. The maximum Gasteiger partial charge on any atom is 0.355 e. The molecule has 0 aliphatic carbocycles. The van der Waals surface area contributed by atoms with Gasteiger partial charge in [-0.15, -0.1) is 0 Å². The lowest BCUT2D eigenvalue weighted by atomic mass is 10.0. The molecular formula is C28H30ClFN6O2. The summed E-state index contributed by atoms with van der Waals surface area (Å²) in [6, 6.07) is 7.72. The average molecular weight is 537 g/mol. The molecule has 2 N–H and O–H groups in total. The number of phenols is 1. The van der Waals surface area contributed by atoms with Crippen molar-refractivity contribution in [1.29, 1.82) is 0 Å². The predicted octanol–water partition coefficient (Wildman–Crippen LogP) is 4.96. The van der Waals surface area contributed by atoms with Crippen molar-refractivity contribution < 1.29 is 9.50 Å². The fraction of sp³-hybridized carbons (Fsp3) is 0.357. The fourth-order valence-corrected chi connectivity index (χ4v) is 5.30. The van der Waals surface area contributed by atoms with Crippen LogP contribution in [-0.2, 0) is 0 Å². The Morgan fingerprint density at radius 2 is 1.97 bits per heavy atom. The molecule has 2 atom stereocenters. The van der Waals surface area contributed by atoms with E-state index in [-0.39, 0.29) is 45.7 Å². The number of fused-ring (bicyclic) bond motifs is 1. The van der Waals surface area contributed by atoms with E-state index < -0.39 is 11.5 Å². The number of halogens is 2. The van der Waals surface area contributed by atoms with E-state index in [1.54, 1.807) is 12.3 Å². The molecule has 0 amide bonds. The van der Waals surface area contributed by atoms with Crippen molar-refractivity contribution in [2.45, 2.75) is 52.6 Å². The third-order valence-corrected chi connectivity index (χ3v) is 7.28. The van der Waals surface area contributed by atoms with Crippen molar-refractivity contribution in [2.75, 3.05) is 18.0 Å². The van der Waals surface area contributed by atoms with E-state index in [2.05, 4.69) is 34.0 Å². The van der Waals surface area contributed by atoms with Crippen molar-refractivity contribution in [3.8, 4) is 22.7 Å². The van der Waals surface area contributed by atoms with E-state index in [1.807, 2.05) is 26.8 Å². The number of aryl methyl sites for hydroxylation is 1. The molecular weight excluding hydrogens is 507 g/mol. The van der Waals surface area contributed by atoms with Gasteiger partial charge in [0.05, 0.1) is 33.0 Å². The molecule has 5 rings (SSSR count). The quantitative estimate of drug-likeness (QED) is 0.380. The lowest BCUT2D eigenvalue weighted by Crippen LogP contribution is -2.55. The zero-order chi connectivity index (χ0) is 27.3. The van der Waals surface area contributed by atoms with Gasteiger partial charge in [0.1, 0.15) is 17.4 Å².